The molecule has 0 saturated carbocycles. The normalized spacial score (nSPS) is 19.3. The first-order valence-electron chi connectivity index (χ1n) is 7.08. The van der Waals surface area contributed by atoms with Crippen molar-refractivity contribution < 1.29 is 13.2 Å². The Morgan fingerprint density at radius 1 is 1.48 bits per heavy atom. The van der Waals surface area contributed by atoms with E-state index in [0.29, 0.717) is 12.5 Å². The van der Waals surface area contributed by atoms with Gasteiger partial charge in [0.15, 0.2) is 0 Å². The average molecular weight is 331 g/mol. The molecule has 0 radical (unpaired) electrons. The Kier molecular flexibility index (Phi) is 6.16. The predicted molar refractivity (Wildman–Crippen MR) is 82.7 cm³/mol. The van der Waals surface area contributed by atoms with Gasteiger partial charge in [0.05, 0.1) is 6.54 Å². The molecule has 1 saturated heterocycles. The lowest BCUT2D eigenvalue weighted by atomic mass is 9.96. The second kappa shape index (κ2) is 7.88. The monoisotopic (exact) mass is 331 g/mol. The molecule has 8 heteroatoms. The van der Waals surface area contributed by atoms with Crippen LogP contribution in [0.25, 0.3) is 0 Å². The van der Waals surface area contributed by atoms with E-state index in [2.05, 4.69) is 15.4 Å². The quantitative estimate of drug-likeness (QED) is 0.680. The smallest absolute Gasteiger partial charge is 0.250 e. The molecule has 1 atom stereocenters. The van der Waals surface area contributed by atoms with Gasteiger partial charge in [-0.15, -0.1) is 11.3 Å². The van der Waals surface area contributed by atoms with Gasteiger partial charge in [0.25, 0.3) is 10.0 Å². The lowest BCUT2D eigenvalue weighted by molar-refractivity contribution is -0.120. The molecule has 0 bridgehead atoms. The molecule has 1 aliphatic rings. The summed E-state index contributed by atoms with van der Waals surface area (Å²) in [5.74, 6) is 0.306. The third kappa shape index (κ3) is 5.39. The Morgan fingerprint density at radius 2 is 2.33 bits per heavy atom. The van der Waals surface area contributed by atoms with Crippen LogP contribution in [0.4, 0.5) is 0 Å². The molecule has 1 unspecified atom stereocenters. The van der Waals surface area contributed by atoms with Gasteiger partial charge in [0, 0.05) is 6.54 Å². The minimum Gasteiger partial charge on any atom is -0.355 e. The van der Waals surface area contributed by atoms with Gasteiger partial charge in [0.1, 0.15) is 4.21 Å². The number of nitrogens with one attached hydrogen (secondary N) is 3. The fraction of sp³-hybridized carbons (Fsp3) is 0.615. The minimum atomic E-state index is -3.56. The van der Waals surface area contributed by atoms with Crippen molar-refractivity contribution in [2.24, 2.45) is 5.92 Å². The lowest BCUT2D eigenvalue weighted by Crippen LogP contribution is -2.38. The number of piperidine rings is 1. The number of amides is 1. The molecule has 0 aromatic carbocycles. The first kappa shape index (κ1) is 16.4. The van der Waals surface area contributed by atoms with E-state index in [1.807, 2.05) is 0 Å². The van der Waals surface area contributed by atoms with Crippen molar-refractivity contribution in [2.45, 2.75) is 23.5 Å². The molecule has 1 amide bonds. The summed E-state index contributed by atoms with van der Waals surface area (Å²) in [6.45, 7) is 2.45. The fourth-order valence-electron chi connectivity index (χ4n) is 2.30. The van der Waals surface area contributed by atoms with Crippen LogP contribution in [-0.2, 0) is 14.8 Å². The second-order valence-corrected chi connectivity index (χ2v) is 8.05. The summed E-state index contributed by atoms with van der Waals surface area (Å²) in [5, 5.41) is 7.78. The molecule has 6 nitrogen and oxygen atoms in total. The van der Waals surface area contributed by atoms with E-state index in [1.54, 1.807) is 11.4 Å². The van der Waals surface area contributed by atoms with Gasteiger partial charge in [-0.2, -0.15) is 0 Å². The van der Waals surface area contributed by atoms with Crippen LogP contribution >= 0.6 is 11.3 Å². The van der Waals surface area contributed by atoms with Crippen molar-refractivity contribution in [3.63, 3.8) is 0 Å². The highest BCUT2D eigenvalue weighted by Gasteiger charge is 2.17. The highest BCUT2D eigenvalue weighted by atomic mass is 32.2. The molecule has 1 fully saturated rings. The summed E-state index contributed by atoms with van der Waals surface area (Å²) in [5.41, 5.74) is 0. The number of hydrogen-bond acceptors (Lipinski definition) is 5. The van der Waals surface area contributed by atoms with E-state index >= 15 is 0 Å². The van der Waals surface area contributed by atoms with E-state index in [-0.39, 0.29) is 16.7 Å². The molecule has 3 N–H and O–H groups in total. The average Bonchev–Trinajstić information content (AvgIpc) is 3.01. The molecule has 2 heterocycles. The molecule has 0 aliphatic carbocycles. The van der Waals surface area contributed by atoms with Gasteiger partial charge in [-0.1, -0.05) is 6.07 Å². The van der Waals surface area contributed by atoms with E-state index in [9.17, 15) is 13.2 Å². The molecule has 118 valence electrons. The Balaban J connectivity index is 1.65. The van der Waals surface area contributed by atoms with Crippen molar-refractivity contribution in [3.8, 4) is 0 Å². The predicted octanol–water partition coefficient (Wildman–Crippen LogP) is 0.532. The van der Waals surface area contributed by atoms with Gasteiger partial charge in [-0.25, -0.2) is 13.1 Å². The van der Waals surface area contributed by atoms with Crippen LogP contribution in [0.2, 0.25) is 0 Å². The van der Waals surface area contributed by atoms with Gasteiger partial charge in [-0.05, 0) is 49.7 Å². The largest absolute Gasteiger partial charge is 0.355 e. The maximum absolute atomic E-state index is 11.8. The van der Waals surface area contributed by atoms with E-state index in [4.69, 9.17) is 0 Å². The van der Waals surface area contributed by atoms with Gasteiger partial charge in [0.2, 0.25) is 5.91 Å². The number of carbonyl (C=O) groups is 1. The molecule has 2 rings (SSSR count). The van der Waals surface area contributed by atoms with Crippen molar-refractivity contribution in [2.75, 3.05) is 26.2 Å². The molecular weight excluding hydrogens is 310 g/mol. The van der Waals surface area contributed by atoms with Crippen molar-refractivity contribution in [1.29, 1.82) is 0 Å². The molecular formula is C13H21N3O3S2. The standard InChI is InChI=1S/C13H21N3O3S2/c17-12(15-7-5-11-3-1-6-14-9-11)10-16-21(18,19)13-4-2-8-20-13/h2,4,8,11,14,16H,1,3,5-7,9-10H2,(H,15,17). The van der Waals surface area contributed by atoms with Crippen LogP contribution in [0.1, 0.15) is 19.3 Å². The van der Waals surface area contributed by atoms with Gasteiger partial charge in [-0.3, -0.25) is 4.79 Å². The first-order chi connectivity index (χ1) is 10.1. The Hall–Kier alpha value is -0.960. The molecule has 1 aromatic heterocycles. The molecule has 0 spiro atoms. The SMILES string of the molecule is O=C(CNS(=O)(=O)c1cccs1)NCCC1CCCNC1. The maximum atomic E-state index is 11.8. The third-order valence-corrected chi connectivity index (χ3v) is 6.26. The minimum absolute atomic E-state index is 0.219. The van der Waals surface area contributed by atoms with Crippen molar-refractivity contribution >= 4 is 27.3 Å². The van der Waals surface area contributed by atoms with E-state index in [1.165, 1.54) is 18.9 Å². The van der Waals surface area contributed by atoms with Gasteiger partial charge < -0.3 is 10.6 Å². The summed E-state index contributed by atoms with van der Waals surface area (Å²) in [4.78, 5) is 11.7. The third-order valence-electron chi connectivity index (χ3n) is 3.46. The number of hydrogen-bond donors (Lipinski definition) is 3. The Morgan fingerprint density at radius 3 is 3.00 bits per heavy atom. The number of rotatable bonds is 7. The Bertz CT molecular complexity index is 537. The van der Waals surface area contributed by atoms with Crippen molar-refractivity contribution in [1.82, 2.24) is 15.4 Å². The van der Waals surface area contributed by atoms with Crippen LogP contribution in [0.5, 0.6) is 0 Å². The van der Waals surface area contributed by atoms with Crippen LogP contribution in [0.15, 0.2) is 21.7 Å². The summed E-state index contributed by atoms with van der Waals surface area (Å²) < 4.78 is 26.2. The van der Waals surface area contributed by atoms with Crippen molar-refractivity contribution in [3.05, 3.63) is 17.5 Å². The summed E-state index contributed by atoms with van der Waals surface area (Å²) in [6.07, 6.45) is 3.30. The maximum Gasteiger partial charge on any atom is 0.250 e. The summed E-state index contributed by atoms with van der Waals surface area (Å²) in [6, 6.07) is 3.18. The summed E-state index contributed by atoms with van der Waals surface area (Å²) in [7, 11) is -3.56. The van der Waals surface area contributed by atoms with Gasteiger partial charge >= 0.3 is 0 Å². The zero-order valence-electron chi connectivity index (χ0n) is 11.8. The number of sulfonamides is 1. The Labute approximate surface area is 129 Å². The number of thiophene rings is 1. The molecule has 21 heavy (non-hydrogen) atoms. The second-order valence-electron chi connectivity index (χ2n) is 5.11. The fourth-order valence-corrected chi connectivity index (χ4v) is 4.32. The highest BCUT2D eigenvalue weighted by Crippen LogP contribution is 2.15. The zero-order chi connectivity index (χ0) is 15.1. The summed E-state index contributed by atoms with van der Waals surface area (Å²) >= 11 is 1.13. The van der Waals surface area contributed by atoms with Crippen LogP contribution < -0.4 is 15.4 Å². The topological polar surface area (TPSA) is 87.3 Å². The van der Waals surface area contributed by atoms with E-state index < -0.39 is 10.0 Å². The van der Waals surface area contributed by atoms with Crippen LogP contribution in [-0.4, -0.2) is 40.5 Å². The molecule has 1 aliphatic heterocycles. The zero-order valence-corrected chi connectivity index (χ0v) is 13.4. The lowest BCUT2D eigenvalue weighted by Gasteiger charge is -2.22. The van der Waals surface area contributed by atoms with E-state index in [0.717, 1.165) is 30.8 Å². The first-order valence-corrected chi connectivity index (χ1v) is 9.45. The highest BCUT2D eigenvalue weighted by molar-refractivity contribution is 7.91. The van der Waals surface area contributed by atoms with Crippen LogP contribution in [0, 0.1) is 5.92 Å². The number of carbonyl (C=O) groups excluding carboxylic acids is 1. The van der Waals surface area contributed by atoms with Crippen LogP contribution in [0.3, 0.4) is 0 Å². The molecule has 1 aromatic rings.